The van der Waals surface area contributed by atoms with Crippen LogP contribution in [0.2, 0.25) is 0 Å². The normalized spacial score (nSPS) is 25.4. The quantitative estimate of drug-likeness (QED) is 0.781. The number of nitrogens with one attached hydrogen (secondary N) is 1. The molecule has 1 N–H and O–H groups in total. The van der Waals surface area contributed by atoms with Crippen LogP contribution in [0, 0.1) is 5.92 Å². The van der Waals surface area contributed by atoms with Crippen LogP contribution >= 0.6 is 0 Å². The Morgan fingerprint density at radius 2 is 2.31 bits per heavy atom. The summed E-state index contributed by atoms with van der Waals surface area (Å²) in [5, 5.41) is 3.42. The molecular formula is C12H16N4. The van der Waals surface area contributed by atoms with E-state index in [1.165, 1.54) is 0 Å². The van der Waals surface area contributed by atoms with Crippen LogP contribution in [0.4, 0.5) is 0 Å². The maximum Gasteiger partial charge on any atom is 0.159 e. The van der Waals surface area contributed by atoms with E-state index in [1.54, 1.807) is 0 Å². The van der Waals surface area contributed by atoms with Crippen molar-refractivity contribution in [3.05, 3.63) is 24.2 Å². The summed E-state index contributed by atoms with van der Waals surface area (Å²) < 4.78 is 2.13. The fraction of sp³-hybridized carbons (Fsp3) is 0.500. The molecule has 1 saturated heterocycles. The van der Waals surface area contributed by atoms with Gasteiger partial charge in [-0.3, -0.25) is 0 Å². The maximum absolute atomic E-state index is 4.71. The third kappa shape index (κ3) is 1.33. The highest BCUT2D eigenvalue weighted by Crippen LogP contribution is 2.28. The third-order valence-corrected chi connectivity index (χ3v) is 3.51. The van der Waals surface area contributed by atoms with Crippen molar-refractivity contribution in [2.45, 2.75) is 12.8 Å². The number of aryl methyl sites for hydroxylation is 1. The van der Waals surface area contributed by atoms with Crippen molar-refractivity contribution < 1.29 is 0 Å². The Bertz CT molecular complexity index is 517. The van der Waals surface area contributed by atoms with E-state index in [-0.39, 0.29) is 0 Å². The fourth-order valence-corrected chi connectivity index (χ4v) is 2.53. The van der Waals surface area contributed by atoms with Crippen molar-refractivity contribution in [3.8, 4) is 0 Å². The molecule has 0 bridgehead atoms. The first-order valence-corrected chi connectivity index (χ1v) is 5.75. The molecular weight excluding hydrogens is 200 g/mol. The third-order valence-electron chi connectivity index (χ3n) is 3.51. The molecule has 4 nitrogen and oxygen atoms in total. The molecule has 16 heavy (non-hydrogen) atoms. The van der Waals surface area contributed by atoms with Gasteiger partial charge in [-0.25, -0.2) is 9.97 Å². The largest absolute Gasteiger partial charge is 0.316 e. The van der Waals surface area contributed by atoms with Crippen LogP contribution in [0.15, 0.2) is 18.3 Å². The summed E-state index contributed by atoms with van der Waals surface area (Å²) in [6.07, 6.45) is 1.82. The zero-order chi connectivity index (χ0) is 11.1. The van der Waals surface area contributed by atoms with Crippen LogP contribution in [0.25, 0.3) is 11.2 Å². The SMILES string of the molecule is CC1CNCC1c1nc2cccnc2n1C. The second-order valence-corrected chi connectivity index (χ2v) is 4.62. The molecule has 2 unspecified atom stereocenters. The van der Waals surface area contributed by atoms with E-state index in [2.05, 4.69) is 28.8 Å². The minimum absolute atomic E-state index is 0.513. The van der Waals surface area contributed by atoms with Crippen LogP contribution in [-0.4, -0.2) is 27.6 Å². The predicted molar refractivity (Wildman–Crippen MR) is 63.3 cm³/mol. The van der Waals surface area contributed by atoms with Gasteiger partial charge in [0, 0.05) is 25.7 Å². The van der Waals surface area contributed by atoms with Gasteiger partial charge in [-0.15, -0.1) is 0 Å². The lowest BCUT2D eigenvalue weighted by molar-refractivity contribution is 0.533. The molecule has 3 rings (SSSR count). The summed E-state index contributed by atoms with van der Waals surface area (Å²) in [6, 6.07) is 3.97. The molecule has 0 amide bonds. The lowest BCUT2D eigenvalue weighted by atomic mass is 9.97. The molecule has 2 atom stereocenters. The number of aromatic nitrogens is 3. The van der Waals surface area contributed by atoms with Gasteiger partial charge in [-0.05, 0) is 24.6 Å². The Labute approximate surface area is 94.7 Å². The summed E-state index contributed by atoms with van der Waals surface area (Å²) in [6.45, 7) is 4.39. The van der Waals surface area contributed by atoms with E-state index in [1.807, 2.05) is 18.3 Å². The van der Waals surface area contributed by atoms with Gasteiger partial charge in [0.25, 0.3) is 0 Å². The molecule has 0 spiro atoms. The first kappa shape index (κ1) is 9.78. The van der Waals surface area contributed by atoms with Crippen molar-refractivity contribution in [1.82, 2.24) is 19.9 Å². The molecule has 0 aromatic carbocycles. The topological polar surface area (TPSA) is 42.7 Å². The van der Waals surface area contributed by atoms with Gasteiger partial charge in [0.05, 0.1) is 0 Å². The zero-order valence-corrected chi connectivity index (χ0v) is 9.64. The molecule has 0 aliphatic carbocycles. The molecule has 1 fully saturated rings. The van der Waals surface area contributed by atoms with Gasteiger partial charge in [0.2, 0.25) is 0 Å². The number of pyridine rings is 1. The van der Waals surface area contributed by atoms with Gasteiger partial charge in [0.15, 0.2) is 5.65 Å². The fourth-order valence-electron chi connectivity index (χ4n) is 2.53. The summed E-state index contributed by atoms with van der Waals surface area (Å²) in [7, 11) is 2.06. The Morgan fingerprint density at radius 1 is 1.44 bits per heavy atom. The van der Waals surface area contributed by atoms with Crippen LogP contribution in [0.5, 0.6) is 0 Å². The Morgan fingerprint density at radius 3 is 3.00 bits per heavy atom. The highest BCUT2D eigenvalue weighted by Gasteiger charge is 2.28. The summed E-state index contributed by atoms with van der Waals surface area (Å²) in [5.41, 5.74) is 1.98. The Hall–Kier alpha value is -1.42. The zero-order valence-electron chi connectivity index (χ0n) is 9.64. The minimum Gasteiger partial charge on any atom is -0.316 e. The number of fused-ring (bicyclic) bond motifs is 1. The van der Waals surface area contributed by atoms with Crippen molar-refractivity contribution >= 4 is 11.2 Å². The summed E-state index contributed by atoms with van der Waals surface area (Å²) >= 11 is 0. The van der Waals surface area contributed by atoms with Crippen LogP contribution in [0.1, 0.15) is 18.7 Å². The molecule has 0 saturated carbocycles. The van der Waals surface area contributed by atoms with Crippen LogP contribution in [0.3, 0.4) is 0 Å². The van der Waals surface area contributed by atoms with Crippen molar-refractivity contribution in [3.63, 3.8) is 0 Å². The Kier molecular flexibility index (Phi) is 2.17. The van der Waals surface area contributed by atoms with E-state index in [4.69, 9.17) is 4.98 Å². The first-order chi connectivity index (χ1) is 7.77. The van der Waals surface area contributed by atoms with Gasteiger partial charge in [0.1, 0.15) is 11.3 Å². The van der Waals surface area contributed by atoms with Crippen LogP contribution in [-0.2, 0) is 7.05 Å². The average Bonchev–Trinajstić information content (AvgIpc) is 2.84. The molecule has 4 heteroatoms. The molecule has 84 valence electrons. The second kappa shape index (κ2) is 3.56. The summed E-state index contributed by atoms with van der Waals surface area (Å²) in [5.74, 6) is 2.32. The number of hydrogen-bond acceptors (Lipinski definition) is 3. The lowest BCUT2D eigenvalue weighted by Crippen LogP contribution is -2.13. The second-order valence-electron chi connectivity index (χ2n) is 4.62. The van der Waals surface area contributed by atoms with E-state index in [0.717, 1.165) is 30.1 Å². The van der Waals surface area contributed by atoms with Gasteiger partial charge in [-0.2, -0.15) is 0 Å². The first-order valence-electron chi connectivity index (χ1n) is 5.75. The van der Waals surface area contributed by atoms with Crippen molar-refractivity contribution in [2.24, 2.45) is 13.0 Å². The molecule has 1 aliphatic rings. The van der Waals surface area contributed by atoms with E-state index >= 15 is 0 Å². The standard InChI is InChI=1S/C12H16N4/c1-8-6-13-7-9(8)11-15-10-4-3-5-14-12(10)16(11)2/h3-5,8-9,13H,6-7H2,1-2H3. The van der Waals surface area contributed by atoms with Gasteiger partial charge < -0.3 is 9.88 Å². The molecule has 2 aromatic rings. The monoisotopic (exact) mass is 216 g/mol. The smallest absolute Gasteiger partial charge is 0.159 e. The molecule has 0 radical (unpaired) electrons. The van der Waals surface area contributed by atoms with Crippen LogP contribution < -0.4 is 5.32 Å². The van der Waals surface area contributed by atoms with E-state index < -0.39 is 0 Å². The van der Waals surface area contributed by atoms with Crippen molar-refractivity contribution in [1.29, 1.82) is 0 Å². The van der Waals surface area contributed by atoms with Gasteiger partial charge in [-0.1, -0.05) is 6.92 Å². The van der Waals surface area contributed by atoms with Crippen molar-refractivity contribution in [2.75, 3.05) is 13.1 Å². The number of imidazole rings is 1. The lowest BCUT2D eigenvalue weighted by Gasteiger charge is -2.13. The maximum atomic E-state index is 4.71. The Balaban J connectivity index is 2.13. The molecule has 3 heterocycles. The van der Waals surface area contributed by atoms with E-state index in [9.17, 15) is 0 Å². The minimum atomic E-state index is 0.513. The summed E-state index contributed by atoms with van der Waals surface area (Å²) in [4.78, 5) is 9.08. The highest BCUT2D eigenvalue weighted by molar-refractivity contribution is 5.71. The predicted octanol–water partition coefficient (Wildman–Crippen LogP) is 1.29. The highest BCUT2D eigenvalue weighted by atomic mass is 15.1. The average molecular weight is 216 g/mol. The number of nitrogens with zero attached hydrogens (tertiary/aromatic N) is 3. The molecule has 2 aromatic heterocycles. The number of rotatable bonds is 1. The van der Waals surface area contributed by atoms with Gasteiger partial charge >= 0.3 is 0 Å². The van der Waals surface area contributed by atoms with E-state index in [0.29, 0.717) is 11.8 Å². The molecule has 1 aliphatic heterocycles. The number of hydrogen-bond donors (Lipinski definition) is 1.